The van der Waals surface area contributed by atoms with Crippen molar-refractivity contribution < 1.29 is 24.5 Å². The molecule has 0 spiro atoms. The Hall–Kier alpha value is -2.18. The number of hydrogen-bond acceptors (Lipinski definition) is 5. The molecule has 0 saturated carbocycles. The van der Waals surface area contributed by atoms with Crippen LogP contribution in [0.25, 0.3) is 0 Å². The lowest BCUT2D eigenvalue weighted by Gasteiger charge is -2.20. The molecule has 3 N–H and O–H groups in total. The number of nitrogens with one attached hydrogen (secondary N) is 1. The van der Waals surface area contributed by atoms with Gasteiger partial charge < -0.3 is 20.3 Å². The molecule has 0 fully saturated rings. The molecule has 0 aliphatic carbocycles. The van der Waals surface area contributed by atoms with Crippen LogP contribution in [0.4, 0.5) is 0 Å². The van der Waals surface area contributed by atoms with Gasteiger partial charge in [0.1, 0.15) is 0 Å². The molecule has 2 atom stereocenters. The predicted molar refractivity (Wildman–Crippen MR) is 426 cm³/mol. The van der Waals surface area contributed by atoms with Crippen LogP contribution in [0.2, 0.25) is 0 Å². The van der Waals surface area contributed by atoms with Gasteiger partial charge in [-0.1, -0.05) is 435 Å². The van der Waals surface area contributed by atoms with Gasteiger partial charge in [0.15, 0.2) is 0 Å². The molecule has 1 amide bonds. The summed E-state index contributed by atoms with van der Waals surface area (Å²) in [5, 5.41) is 23.3. The molecule has 0 radical (unpaired) electrons. The topological polar surface area (TPSA) is 95.9 Å². The zero-order valence-electron chi connectivity index (χ0n) is 65.1. The zero-order chi connectivity index (χ0) is 69.1. The Morgan fingerprint density at radius 2 is 0.521 bits per heavy atom. The van der Waals surface area contributed by atoms with Gasteiger partial charge in [-0.3, -0.25) is 9.59 Å². The second kappa shape index (κ2) is 85.2. The molecule has 96 heavy (non-hydrogen) atoms. The van der Waals surface area contributed by atoms with Crippen molar-refractivity contribution in [1.82, 2.24) is 5.32 Å². The molecule has 0 aromatic heterocycles. The number of unbranched alkanes of at least 4 members (excludes halogenated alkanes) is 66. The van der Waals surface area contributed by atoms with Gasteiger partial charge in [0.05, 0.1) is 25.4 Å². The molecule has 6 nitrogen and oxygen atoms in total. The van der Waals surface area contributed by atoms with Crippen LogP contribution in [0.1, 0.15) is 489 Å². The van der Waals surface area contributed by atoms with Crippen molar-refractivity contribution in [3.05, 3.63) is 48.6 Å². The van der Waals surface area contributed by atoms with E-state index < -0.39 is 12.1 Å². The van der Waals surface area contributed by atoms with Crippen molar-refractivity contribution in [3.63, 3.8) is 0 Å². The van der Waals surface area contributed by atoms with E-state index in [4.69, 9.17) is 4.74 Å². The van der Waals surface area contributed by atoms with E-state index in [1.807, 2.05) is 6.08 Å². The Morgan fingerprint density at radius 3 is 0.823 bits per heavy atom. The van der Waals surface area contributed by atoms with E-state index in [0.717, 1.165) is 51.4 Å². The summed E-state index contributed by atoms with van der Waals surface area (Å²) in [6, 6.07) is -0.627. The molecule has 566 valence electrons. The average Bonchev–Trinajstić information content (AvgIpc) is 2.50. The van der Waals surface area contributed by atoms with Gasteiger partial charge in [-0.25, -0.2) is 0 Å². The fourth-order valence-corrected chi connectivity index (χ4v) is 13.9. The highest BCUT2D eigenvalue weighted by Crippen LogP contribution is 2.20. The molecule has 6 heteroatoms. The molecule has 0 heterocycles. The number of amides is 1. The molecule has 2 unspecified atom stereocenters. The van der Waals surface area contributed by atoms with Gasteiger partial charge in [0.25, 0.3) is 0 Å². The van der Waals surface area contributed by atoms with Gasteiger partial charge in [0, 0.05) is 12.8 Å². The molecule has 0 aromatic rings. The summed E-state index contributed by atoms with van der Waals surface area (Å²) in [4.78, 5) is 24.7. The molecular formula is C90H171NO5. The van der Waals surface area contributed by atoms with Gasteiger partial charge in [-0.15, -0.1) is 0 Å². The number of aliphatic hydroxyl groups excluding tert-OH is 2. The van der Waals surface area contributed by atoms with Crippen LogP contribution in [-0.2, 0) is 14.3 Å². The third-order valence-electron chi connectivity index (χ3n) is 20.6. The highest BCUT2D eigenvalue weighted by atomic mass is 16.5. The zero-order valence-corrected chi connectivity index (χ0v) is 65.1. The predicted octanol–water partition coefficient (Wildman–Crippen LogP) is 29.5. The lowest BCUT2D eigenvalue weighted by atomic mass is 10.0. The maximum atomic E-state index is 12.6. The van der Waals surface area contributed by atoms with Crippen LogP contribution in [0.5, 0.6) is 0 Å². The maximum Gasteiger partial charge on any atom is 0.305 e. The van der Waals surface area contributed by atoms with Crippen molar-refractivity contribution >= 4 is 11.9 Å². The van der Waals surface area contributed by atoms with Crippen molar-refractivity contribution in [2.75, 3.05) is 13.2 Å². The van der Waals surface area contributed by atoms with Crippen LogP contribution in [-0.4, -0.2) is 47.4 Å². The summed E-state index contributed by atoms with van der Waals surface area (Å²) in [5.74, 6) is -0.0494. The summed E-state index contributed by atoms with van der Waals surface area (Å²) in [6.07, 6.45) is 114. The standard InChI is InChI=1S/C90H171NO5/c1-3-5-7-9-11-13-15-17-19-20-21-22-23-39-42-45-48-51-55-58-62-66-70-74-78-82-88(93)87(86-92)91-89(94)83-79-75-71-67-63-59-56-52-49-46-43-40-37-35-33-31-29-27-25-24-26-28-30-32-34-36-38-41-44-47-50-53-57-61-65-69-73-77-81-85-96-90(95)84-80-76-72-68-64-60-54-18-16-14-12-10-8-6-4-2/h12,14,18,24-25,54,78,82,87-88,92-93H,3-11,13,15-17,19-23,26-53,55-77,79-81,83-86H2,1-2H3,(H,91,94)/b14-12-,25-24-,54-18-,82-78+. The number of ether oxygens (including phenoxy) is 1. The summed E-state index contributed by atoms with van der Waals surface area (Å²) < 4.78 is 5.50. The summed E-state index contributed by atoms with van der Waals surface area (Å²) in [5.41, 5.74) is 0. The van der Waals surface area contributed by atoms with E-state index in [-0.39, 0.29) is 18.5 Å². The first-order chi connectivity index (χ1) is 47.5. The summed E-state index contributed by atoms with van der Waals surface area (Å²) in [7, 11) is 0. The SMILES string of the molecule is CCCCC/C=C\C/C=C\CCCCCCCC(=O)OCCCCCCCCCCCCCCCCCCCC/C=C\CCCCCCCCCCCCCCCCCCCC(=O)NC(CO)C(O)/C=C/CCCCCCCCCCCCCCCCCCCCCCCCC. The van der Waals surface area contributed by atoms with Crippen LogP contribution in [0.3, 0.4) is 0 Å². The highest BCUT2D eigenvalue weighted by molar-refractivity contribution is 5.76. The Bertz CT molecular complexity index is 1600. The van der Waals surface area contributed by atoms with E-state index in [1.54, 1.807) is 6.08 Å². The maximum absolute atomic E-state index is 12.6. The molecule has 0 aliphatic heterocycles. The van der Waals surface area contributed by atoms with Gasteiger partial charge in [-0.2, -0.15) is 0 Å². The van der Waals surface area contributed by atoms with E-state index in [1.165, 1.54) is 411 Å². The van der Waals surface area contributed by atoms with Crippen molar-refractivity contribution in [1.29, 1.82) is 0 Å². The van der Waals surface area contributed by atoms with E-state index in [2.05, 4.69) is 55.6 Å². The molecule has 0 bridgehead atoms. The molecule has 0 aromatic carbocycles. The van der Waals surface area contributed by atoms with Gasteiger partial charge in [-0.05, 0) is 89.9 Å². The number of esters is 1. The lowest BCUT2D eigenvalue weighted by Crippen LogP contribution is -2.45. The summed E-state index contributed by atoms with van der Waals surface area (Å²) in [6.45, 7) is 4.93. The van der Waals surface area contributed by atoms with E-state index in [9.17, 15) is 19.8 Å². The minimum Gasteiger partial charge on any atom is -0.466 e. The fourth-order valence-electron chi connectivity index (χ4n) is 13.9. The van der Waals surface area contributed by atoms with Crippen LogP contribution in [0.15, 0.2) is 48.6 Å². The minimum absolute atomic E-state index is 0.00885. The number of allylic oxidation sites excluding steroid dienone is 7. The Kier molecular flexibility index (Phi) is 83.3. The third-order valence-corrected chi connectivity index (χ3v) is 20.6. The minimum atomic E-state index is -0.844. The number of hydrogen-bond donors (Lipinski definition) is 3. The highest BCUT2D eigenvalue weighted by Gasteiger charge is 2.18. The lowest BCUT2D eigenvalue weighted by molar-refractivity contribution is -0.143. The van der Waals surface area contributed by atoms with Crippen LogP contribution >= 0.6 is 0 Å². The Morgan fingerprint density at radius 1 is 0.292 bits per heavy atom. The number of aliphatic hydroxyl groups is 2. The van der Waals surface area contributed by atoms with Gasteiger partial charge in [0.2, 0.25) is 5.91 Å². The quantitative estimate of drug-likeness (QED) is 0.0320. The molecular weight excluding hydrogens is 1170 g/mol. The number of carbonyl (C=O) groups excluding carboxylic acids is 2. The Labute approximate surface area is 601 Å². The van der Waals surface area contributed by atoms with E-state index >= 15 is 0 Å². The monoisotopic (exact) mass is 1350 g/mol. The van der Waals surface area contributed by atoms with Crippen LogP contribution < -0.4 is 5.32 Å². The molecule has 0 aliphatic rings. The largest absolute Gasteiger partial charge is 0.466 e. The second-order valence-electron chi connectivity index (χ2n) is 30.2. The fraction of sp³-hybridized carbons (Fsp3) is 0.889. The first-order valence-corrected chi connectivity index (χ1v) is 43.9. The second-order valence-corrected chi connectivity index (χ2v) is 30.2. The Balaban J connectivity index is 3.35. The third kappa shape index (κ3) is 80.8. The first kappa shape index (κ1) is 93.8. The van der Waals surface area contributed by atoms with Crippen molar-refractivity contribution in [2.24, 2.45) is 0 Å². The van der Waals surface area contributed by atoms with Gasteiger partial charge >= 0.3 is 5.97 Å². The first-order valence-electron chi connectivity index (χ1n) is 43.9. The smallest absolute Gasteiger partial charge is 0.305 e. The normalized spacial score (nSPS) is 12.7. The number of rotatable bonds is 83. The van der Waals surface area contributed by atoms with E-state index in [0.29, 0.717) is 19.4 Å². The molecule has 0 rings (SSSR count). The average molecular weight is 1350 g/mol. The number of carbonyl (C=O) groups is 2. The van der Waals surface area contributed by atoms with Crippen molar-refractivity contribution in [2.45, 2.75) is 501 Å². The van der Waals surface area contributed by atoms with Crippen LogP contribution in [0, 0.1) is 0 Å². The summed E-state index contributed by atoms with van der Waals surface area (Å²) >= 11 is 0. The molecule has 0 saturated heterocycles. The van der Waals surface area contributed by atoms with Crippen molar-refractivity contribution in [3.8, 4) is 0 Å².